The number of benzene rings is 2. The lowest BCUT2D eigenvalue weighted by molar-refractivity contribution is -0.136. The minimum atomic E-state index is -0.319. The van der Waals surface area contributed by atoms with Gasteiger partial charge in [0.2, 0.25) is 5.91 Å². The third-order valence-corrected chi connectivity index (χ3v) is 5.60. The molecule has 1 fully saturated rings. The highest BCUT2D eigenvalue weighted by Gasteiger charge is 2.27. The minimum absolute atomic E-state index is 0.0229. The largest absolute Gasteiger partial charge is 0.396 e. The van der Waals surface area contributed by atoms with E-state index in [9.17, 15) is 9.90 Å². The second-order valence-corrected chi connectivity index (χ2v) is 7.79. The number of nitrogens with zero attached hydrogens (tertiary/aromatic N) is 2. The number of morpholine rings is 1. The van der Waals surface area contributed by atoms with Gasteiger partial charge in [0.15, 0.2) is 5.96 Å². The lowest BCUT2D eigenvalue weighted by Gasteiger charge is -2.31. The quantitative estimate of drug-likeness (QED) is 0.412. The van der Waals surface area contributed by atoms with Gasteiger partial charge in [-0.1, -0.05) is 60.7 Å². The molecule has 2 aromatic rings. The molecule has 32 heavy (non-hydrogen) atoms. The number of ether oxygens (including phenoxy) is 1. The van der Waals surface area contributed by atoms with Crippen LogP contribution in [0.1, 0.15) is 29.9 Å². The predicted molar refractivity (Wildman–Crippen MR) is 127 cm³/mol. The molecule has 1 aliphatic heterocycles. The maximum Gasteiger partial charge on any atom is 0.232 e. The van der Waals surface area contributed by atoms with Gasteiger partial charge in [0, 0.05) is 32.1 Å². The van der Waals surface area contributed by atoms with Gasteiger partial charge in [-0.3, -0.25) is 9.79 Å². The number of hydrogen-bond donors (Lipinski definition) is 3. The molecule has 0 bridgehead atoms. The number of aliphatic hydroxyl groups is 1. The van der Waals surface area contributed by atoms with Crippen LogP contribution in [0.15, 0.2) is 65.7 Å². The number of guanidine groups is 1. The van der Waals surface area contributed by atoms with Crippen LogP contribution in [0, 0.1) is 0 Å². The number of rotatable bonds is 9. The van der Waals surface area contributed by atoms with Gasteiger partial charge >= 0.3 is 0 Å². The Kier molecular flexibility index (Phi) is 9.53. The third kappa shape index (κ3) is 6.80. The molecular formula is C25H34N4O3. The first-order chi connectivity index (χ1) is 15.7. The molecule has 1 heterocycles. The summed E-state index contributed by atoms with van der Waals surface area (Å²) in [5.41, 5.74) is 2.03. The summed E-state index contributed by atoms with van der Waals surface area (Å²) in [7, 11) is 0. The van der Waals surface area contributed by atoms with Crippen molar-refractivity contribution in [3.05, 3.63) is 71.8 Å². The fourth-order valence-corrected chi connectivity index (χ4v) is 3.77. The van der Waals surface area contributed by atoms with Crippen molar-refractivity contribution in [3.63, 3.8) is 0 Å². The Bertz CT molecular complexity index is 839. The number of carbonyl (C=O) groups excluding carboxylic acids is 1. The summed E-state index contributed by atoms with van der Waals surface area (Å²) >= 11 is 0. The van der Waals surface area contributed by atoms with E-state index in [0.29, 0.717) is 51.9 Å². The van der Waals surface area contributed by atoms with Gasteiger partial charge in [0.05, 0.1) is 32.3 Å². The number of aliphatic imine (C=N–C) groups is 1. The van der Waals surface area contributed by atoms with E-state index in [1.165, 1.54) is 0 Å². The van der Waals surface area contributed by atoms with Crippen molar-refractivity contribution in [1.82, 2.24) is 15.5 Å². The highest BCUT2D eigenvalue weighted by molar-refractivity contribution is 5.86. The average Bonchev–Trinajstić information content (AvgIpc) is 2.86. The fraction of sp³-hybridized carbons (Fsp3) is 0.440. The molecule has 0 spiro atoms. The molecule has 3 rings (SSSR count). The molecule has 0 saturated carbocycles. The maximum atomic E-state index is 13.3. The Morgan fingerprint density at radius 3 is 2.25 bits per heavy atom. The number of carbonyl (C=O) groups is 1. The maximum absolute atomic E-state index is 13.3. The highest BCUT2D eigenvalue weighted by Crippen LogP contribution is 2.19. The highest BCUT2D eigenvalue weighted by atomic mass is 16.5. The first-order valence-corrected chi connectivity index (χ1v) is 11.3. The van der Waals surface area contributed by atoms with E-state index in [2.05, 4.69) is 15.6 Å². The fourth-order valence-electron chi connectivity index (χ4n) is 3.77. The molecule has 7 heteroatoms. The molecule has 172 valence electrons. The Balaban J connectivity index is 1.71. The first-order valence-electron chi connectivity index (χ1n) is 11.3. The summed E-state index contributed by atoms with van der Waals surface area (Å²) in [6.45, 7) is 6.00. The van der Waals surface area contributed by atoms with Crippen LogP contribution in [0.2, 0.25) is 0 Å². The Morgan fingerprint density at radius 2 is 1.66 bits per heavy atom. The van der Waals surface area contributed by atoms with E-state index in [4.69, 9.17) is 4.74 Å². The first kappa shape index (κ1) is 23.8. The SMILES string of the molecule is CCNC(=NCC(CO)c1ccccc1)NCC(C(=O)N1CCOCC1)c1ccccc1. The van der Waals surface area contributed by atoms with Crippen molar-refractivity contribution in [1.29, 1.82) is 0 Å². The zero-order valence-corrected chi connectivity index (χ0v) is 18.7. The van der Waals surface area contributed by atoms with E-state index >= 15 is 0 Å². The minimum Gasteiger partial charge on any atom is -0.396 e. The van der Waals surface area contributed by atoms with E-state index < -0.39 is 0 Å². The summed E-state index contributed by atoms with van der Waals surface area (Å²) in [5.74, 6) is 0.338. The van der Waals surface area contributed by atoms with Crippen LogP contribution in [0.5, 0.6) is 0 Å². The standard InChI is InChI=1S/C25H34N4O3/c1-2-26-25(27-17-22(19-30)20-9-5-3-6-10-20)28-18-23(21-11-7-4-8-12-21)24(31)29-13-15-32-16-14-29/h3-12,22-23,30H,2,13-19H2,1H3,(H2,26,27,28). The van der Waals surface area contributed by atoms with Gasteiger partial charge in [-0.2, -0.15) is 0 Å². The molecule has 0 radical (unpaired) electrons. The second-order valence-electron chi connectivity index (χ2n) is 7.79. The molecule has 1 amide bonds. The number of nitrogens with one attached hydrogen (secondary N) is 2. The molecule has 2 atom stereocenters. The lowest BCUT2D eigenvalue weighted by Crippen LogP contribution is -2.47. The number of aliphatic hydroxyl groups excluding tert-OH is 1. The molecule has 2 aromatic carbocycles. The van der Waals surface area contributed by atoms with E-state index in [-0.39, 0.29) is 24.3 Å². The van der Waals surface area contributed by atoms with Crippen molar-refractivity contribution >= 4 is 11.9 Å². The Morgan fingerprint density at radius 1 is 1.03 bits per heavy atom. The monoisotopic (exact) mass is 438 g/mol. The zero-order valence-electron chi connectivity index (χ0n) is 18.7. The topological polar surface area (TPSA) is 86.2 Å². The Hall–Kier alpha value is -2.90. The van der Waals surface area contributed by atoms with Gasteiger partial charge in [0.1, 0.15) is 0 Å². The zero-order chi connectivity index (χ0) is 22.6. The number of amides is 1. The molecule has 1 saturated heterocycles. The molecular weight excluding hydrogens is 404 g/mol. The lowest BCUT2D eigenvalue weighted by atomic mass is 9.97. The normalized spacial score (nSPS) is 16.3. The summed E-state index contributed by atoms with van der Waals surface area (Å²) in [4.78, 5) is 19.9. The van der Waals surface area contributed by atoms with Gasteiger partial charge in [-0.25, -0.2) is 0 Å². The van der Waals surface area contributed by atoms with Crippen LogP contribution >= 0.6 is 0 Å². The van der Waals surface area contributed by atoms with Crippen molar-refractivity contribution in [2.24, 2.45) is 4.99 Å². The van der Waals surface area contributed by atoms with Gasteiger partial charge in [0.25, 0.3) is 0 Å². The van der Waals surface area contributed by atoms with Crippen molar-refractivity contribution in [2.75, 3.05) is 52.5 Å². The van der Waals surface area contributed by atoms with Gasteiger partial charge in [-0.15, -0.1) is 0 Å². The van der Waals surface area contributed by atoms with Crippen LogP contribution in [0.4, 0.5) is 0 Å². The van der Waals surface area contributed by atoms with E-state index in [0.717, 1.165) is 11.1 Å². The summed E-state index contributed by atoms with van der Waals surface area (Å²) in [6.07, 6.45) is 0. The average molecular weight is 439 g/mol. The van der Waals surface area contributed by atoms with Crippen LogP contribution in [0.3, 0.4) is 0 Å². The molecule has 0 aliphatic carbocycles. The van der Waals surface area contributed by atoms with Crippen LogP contribution in [-0.4, -0.2) is 74.4 Å². The van der Waals surface area contributed by atoms with Crippen molar-refractivity contribution in [3.8, 4) is 0 Å². The van der Waals surface area contributed by atoms with Crippen LogP contribution < -0.4 is 10.6 Å². The molecule has 7 nitrogen and oxygen atoms in total. The third-order valence-electron chi connectivity index (χ3n) is 5.60. The molecule has 1 aliphatic rings. The van der Waals surface area contributed by atoms with Crippen molar-refractivity contribution in [2.45, 2.75) is 18.8 Å². The van der Waals surface area contributed by atoms with Crippen molar-refractivity contribution < 1.29 is 14.6 Å². The molecule has 0 aromatic heterocycles. The summed E-state index contributed by atoms with van der Waals surface area (Å²) in [5, 5.41) is 16.4. The van der Waals surface area contributed by atoms with Crippen LogP contribution in [0.25, 0.3) is 0 Å². The van der Waals surface area contributed by atoms with Crippen LogP contribution in [-0.2, 0) is 9.53 Å². The number of hydrogen-bond acceptors (Lipinski definition) is 4. The Labute approximate surface area is 190 Å². The van der Waals surface area contributed by atoms with Gasteiger partial charge in [-0.05, 0) is 18.1 Å². The summed E-state index contributed by atoms with van der Waals surface area (Å²) < 4.78 is 5.41. The van der Waals surface area contributed by atoms with Gasteiger partial charge < -0.3 is 25.4 Å². The smallest absolute Gasteiger partial charge is 0.232 e. The molecule has 2 unspecified atom stereocenters. The molecule has 3 N–H and O–H groups in total. The van der Waals surface area contributed by atoms with E-state index in [1.807, 2.05) is 72.5 Å². The predicted octanol–water partition coefficient (Wildman–Crippen LogP) is 1.96. The second kappa shape index (κ2) is 12.8. The summed E-state index contributed by atoms with van der Waals surface area (Å²) in [6, 6.07) is 19.8. The van der Waals surface area contributed by atoms with E-state index in [1.54, 1.807) is 0 Å².